The van der Waals surface area contributed by atoms with Crippen LogP contribution in [0.25, 0.3) is 0 Å². The van der Waals surface area contributed by atoms with E-state index in [9.17, 15) is 13.2 Å². The van der Waals surface area contributed by atoms with Crippen molar-refractivity contribution in [3.8, 4) is 0 Å². The second-order valence-corrected chi connectivity index (χ2v) is 3.94. The van der Waals surface area contributed by atoms with E-state index < -0.39 is 16.1 Å². The SMILES string of the molecule is C=CC(=O)OC.CCCCS(=O)(=O)O. The Bertz CT molecular complexity index is 255. The average Bonchev–Trinajstić information content (AvgIpc) is 2.13. The van der Waals surface area contributed by atoms with Crippen LogP contribution in [-0.2, 0) is 19.6 Å². The van der Waals surface area contributed by atoms with E-state index in [2.05, 4.69) is 11.3 Å². The van der Waals surface area contributed by atoms with E-state index in [1.165, 1.54) is 7.11 Å². The Labute approximate surface area is 84.5 Å². The lowest BCUT2D eigenvalue weighted by Crippen LogP contribution is -2.02. The summed E-state index contributed by atoms with van der Waals surface area (Å²) < 4.78 is 32.2. The summed E-state index contributed by atoms with van der Waals surface area (Å²) >= 11 is 0. The number of carbonyl (C=O) groups excluding carboxylic acids is 1. The molecule has 84 valence electrons. The van der Waals surface area contributed by atoms with E-state index in [0.29, 0.717) is 6.42 Å². The molecule has 0 aliphatic rings. The smallest absolute Gasteiger partial charge is 0.329 e. The van der Waals surface area contributed by atoms with Crippen LogP contribution in [0, 0.1) is 0 Å². The summed E-state index contributed by atoms with van der Waals surface area (Å²) in [6.45, 7) is 5.02. The van der Waals surface area contributed by atoms with Crippen LogP contribution in [0.1, 0.15) is 19.8 Å². The molecule has 0 aliphatic carbocycles. The molecule has 0 bridgehead atoms. The van der Waals surface area contributed by atoms with Crippen molar-refractivity contribution in [3.05, 3.63) is 12.7 Å². The van der Waals surface area contributed by atoms with Crippen LogP contribution in [0.2, 0.25) is 0 Å². The number of hydrogen-bond acceptors (Lipinski definition) is 4. The largest absolute Gasteiger partial charge is 0.466 e. The van der Waals surface area contributed by atoms with E-state index in [1.54, 1.807) is 0 Å². The maximum atomic E-state index is 9.95. The highest BCUT2D eigenvalue weighted by atomic mass is 32.2. The summed E-state index contributed by atoms with van der Waals surface area (Å²) in [4.78, 5) is 9.84. The Hall–Kier alpha value is -0.880. The zero-order valence-corrected chi connectivity index (χ0v) is 9.21. The first-order chi connectivity index (χ1) is 6.37. The molecule has 0 aromatic heterocycles. The monoisotopic (exact) mass is 224 g/mol. The molecule has 0 radical (unpaired) electrons. The maximum absolute atomic E-state index is 9.95. The molecule has 0 aromatic carbocycles. The second kappa shape index (κ2) is 8.71. The molecule has 0 heterocycles. The van der Waals surface area contributed by atoms with Gasteiger partial charge in [0.2, 0.25) is 0 Å². The van der Waals surface area contributed by atoms with Crippen molar-refractivity contribution < 1.29 is 22.5 Å². The Morgan fingerprint density at radius 1 is 1.57 bits per heavy atom. The highest BCUT2D eigenvalue weighted by molar-refractivity contribution is 7.85. The third-order valence-electron chi connectivity index (χ3n) is 1.12. The normalized spacial score (nSPS) is 9.64. The fourth-order valence-corrected chi connectivity index (χ4v) is 1.06. The predicted molar refractivity (Wildman–Crippen MR) is 53.5 cm³/mol. The van der Waals surface area contributed by atoms with E-state index >= 15 is 0 Å². The van der Waals surface area contributed by atoms with Gasteiger partial charge in [0.25, 0.3) is 10.1 Å². The predicted octanol–water partition coefficient (Wildman–Crippen LogP) is 1.02. The zero-order valence-electron chi connectivity index (χ0n) is 8.39. The molecule has 0 spiro atoms. The van der Waals surface area contributed by atoms with Gasteiger partial charge in [0.1, 0.15) is 0 Å². The Balaban J connectivity index is 0. The van der Waals surface area contributed by atoms with Crippen LogP contribution in [-0.4, -0.2) is 31.8 Å². The van der Waals surface area contributed by atoms with Crippen molar-refractivity contribution in [2.24, 2.45) is 0 Å². The number of unbranched alkanes of at least 4 members (excludes halogenated alkanes) is 1. The molecule has 14 heavy (non-hydrogen) atoms. The molecule has 0 atom stereocenters. The van der Waals surface area contributed by atoms with Crippen LogP contribution in [0.15, 0.2) is 12.7 Å². The van der Waals surface area contributed by atoms with Gasteiger partial charge in [-0.15, -0.1) is 0 Å². The number of esters is 1. The molecule has 0 amide bonds. The minimum Gasteiger partial charge on any atom is -0.466 e. The maximum Gasteiger partial charge on any atom is 0.329 e. The fourth-order valence-electron chi connectivity index (χ4n) is 0.410. The Kier molecular flexibility index (Phi) is 9.69. The summed E-state index contributed by atoms with van der Waals surface area (Å²) in [5.41, 5.74) is 0. The summed E-state index contributed by atoms with van der Waals surface area (Å²) in [5, 5.41) is 0. The topological polar surface area (TPSA) is 80.7 Å². The minimum absolute atomic E-state index is 0.108. The molecule has 0 saturated carbocycles. The third kappa shape index (κ3) is 17.3. The quantitative estimate of drug-likeness (QED) is 0.438. The Morgan fingerprint density at radius 2 is 2.07 bits per heavy atom. The molecule has 0 aliphatic heterocycles. The van der Waals surface area contributed by atoms with Crippen molar-refractivity contribution in [2.45, 2.75) is 19.8 Å². The van der Waals surface area contributed by atoms with Gasteiger partial charge in [-0.25, -0.2) is 4.79 Å². The van der Waals surface area contributed by atoms with E-state index in [-0.39, 0.29) is 5.75 Å². The van der Waals surface area contributed by atoms with E-state index in [4.69, 9.17) is 4.55 Å². The van der Waals surface area contributed by atoms with Crippen LogP contribution in [0.3, 0.4) is 0 Å². The van der Waals surface area contributed by atoms with Gasteiger partial charge in [-0.2, -0.15) is 8.42 Å². The molecule has 0 fully saturated rings. The number of carbonyl (C=O) groups is 1. The number of ether oxygens (including phenoxy) is 1. The lowest BCUT2D eigenvalue weighted by atomic mass is 10.4. The summed E-state index contributed by atoms with van der Waals surface area (Å²) in [6.07, 6.45) is 2.44. The van der Waals surface area contributed by atoms with Crippen LogP contribution >= 0.6 is 0 Å². The first-order valence-electron chi connectivity index (χ1n) is 4.03. The summed E-state index contributed by atoms with van der Waals surface area (Å²) in [5.74, 6) is -0.501. The Morgan fingerprint density at radius 3 is 2.14 bits per heavy atom. The summed E-state index contributed by atoms with van der Waals surface area (Å²) in [6, 6.07) is 0. The molecular formula is C8H16O5S. The van der Waals surface area contributed by atoms with Crippen molar-refractivity contribution in [1.29, 1.82) is 0 Å². The molecule has 0 aromatic rings. The van der Waals surface area contributed by atoms with E-state index in [1.807, 2.05) is 6.92 Å². The van der Waals surface area contributed by atoms with Crippen LogP contribution < -0.4 is 0 Å². The minimum atomic E-state index is -3.69. The first-order valence-corrected chi connectivity index (χ1v) is 5.63. The van der Waals surface area contributed by atoms with Gasteiger partial charge in [-0.05, 0) is 6.42 Å². The highest BCUT2D eigenvalue weighted by Gasteiger charge is 2.00. The number of hydrogen-bond donors (Lipinski definition) is 1. The highest BCUT2D eigenvalue weighted by Crippen LogP contribution is 1.90. The van der Waals surface area contributed by atoms with Gasteiger partial charge in [-0.1, -0.05) is 19.9 Å². The van der Waals surface area contributed by atoms with Gasteiger partial charge in [-0.3, -0.25) is 4.55 Å². The molecule has 5 nitrogen and oxygen atoms in total. The lowest BCUT2D eigenvalue weighted by Gasteiger charge is -1.90. The zero-order chi connectivity index (χ0) is 11.6. The van der Waals surface area contributed by atoms with Crippen molar-refractivity contribution in [1.82, 2.24) is 0 Å². The number of methoxy groups -OCH3 is 1. The van der Waals surface area contributed by atoms with Crippen molar-refractivity contribution in [2.75, 3.05) is 12.9 Å². The van der Waals surface area contributed by atoms with Crippen LogP contribution in [0.5, 0.6) is 0 Å². The lowest BCUT2D eigenvalue weighted by molar-refractivity contribution is -0.134. The first kappa shape index (κ1) is 15.6. The van der Waals surface area contributed by atoms with Gasteiger partial charge >= 0.3 is 5.97 Å². The molecule has 1 N–H and O–H groups in total. The standard InChI is InChI=1S/C4H10O3S.C4H6O2/c1-2-3-4-8(5,6)7;1-3-4(5)6-2/h2-4H2,1H3,(H,5,6,7);3H,1H2,2H3. The van der Waals surface area contributed by atoms with E-state index in [0.717, 1.165) is 12.5 Å². The second-order valence-electron chi connectivity index (χ2n) is 2.37. The summed E-state index contributed by atoms with van der Waals surface area (Å²) in [7, 11) is -2.38. The molecular weight excluding hydrogens is 208 g/mol. The fraction of sp³-hybridized carbons (Fsp3) is 0.625. The van der Waals surface area contributed by atoms with Crippen molar-refractivity contribution in [3.63, 3.8) is 0 Å². The van der Waals surface area contributed by atoms with Crippen molar-refractivity contribution >= 4 is 16.1 Å². The van der Waals surface area contributed by atoms with Gasteiger partial charge in [0.05, 0.1) is 12.9 Å². The van der Waals surface area contributed by atoms with Gasteiger partial charge in [0, 0.05) is 6.08 Å². The number of rotatable bonds is 4. The molecule has 6 heteroatoms. The molecule has 0 saturated heterocycles. The van der Waals surface area contributed by atoms with Gasteiger partial charge < -0.3 is 4.74 Å². The average molecular weight is 224 g/mol. The third-order valence-corrected chi connectivity index (χ3v) is 1.93. The molecule has 0 unspecified atom stereocenters. The van der Waals surface area contributed by atoms with Gasteiger partial charge in [0.15, 0.2) is 0 Å². The molecule has 0 rings (SSSR count). The van der Waals surface area contributed by atoms with Crippen LogP contribution in [0.4, 0.5) is 0 Å².